The van der Waals surface area contributed by atoms with Crippen LogP contribution in [0.3, 0.4) is 0 Å². The van der Waals surface area contributed by atoms with E-state index in [0.717, 1.165) is 0 Å². The molecule has 1 heterocycles. The van der Waals surface area contributed by atoms with Crippen LogP contribution in [0.2, 0.25) is 0 Å². The number of amides is 1. The Kier molecular flexibility index (Phi) is 4.16. The Hall–Kier alpha value is -1.88. The van der Waals surface area contributed by atoms with Gasteiger partial charge in [0, 0.05) is 30.3 Å². The number of ketones is 1. The third kappa shape index (κ3) is 3.12. The number of hydrogen-bond acceptors (Lipinski definition) is 4. The summed E-state index contributed by atoms with van der Waals surface area (Å²) in [6.45, 7) is 2.46. The predicted octanol–water partition coefficient (Wildman–Crippen LogP) is 1.84. The van der Waals surface area contributed by atoms with Gasteiger partial charge in [-0.2, -0.15) is 0 Å². The molecule has 5 nitrogen and oxygen atoms in total. The SMILES string of the molecule is CC(=O)c1ccc(N2CC(CCO)COC2=O)cc1. The summed E-state index contributed by atoms with van der Waals surface area (Å²) in [6, 6.07) is 6.86. The summed E-state index contributed by atoms with van der Waals surface area (Å²) < 4.78 is 5.10. The Bertz CT molecular complexity index is 469. The van der Waals surface area contributed by atoms with Crippen molar-refractivity contribution in [1.29, 1.82) is 0 Å². The fraction of sp³-hybridized carbons (Fsp3) is 0.429. The van der Waals surface area contributed by atoms with Crippen molar-refractivity contribution in [3.05, 3.63) is 29.8 Å². The Balaban J connectivity index is 2.14. The van der Waals surface area contributed by atoms with Gasteiger partial charge in [0.1, 0.15) is 0 Å². The van der Waals surface area contributed by atoms with Crippen LogP contribution in [0.4, 0.5) is 10.5 Å². The largest absolute Gasteiger partial charge is 0.449 e. The summed E-state index contributed by atoms with van der Waals surface area (Å²) in [5, 5.41) is 8.94. The molecule has 1 fully saturated rings. The number of aliphatic hydroxyl groups excluding tert-OH is 1. The first-order chi connectivity index (χ1) is 9.11. The summed E-state index contributed by atoms with van der Waals surface area (Å²) in [7, 11) is 0. The molecule has 0 aliphatic carbocycles. The fourth-order valence-corrected chi connectivity index (χ4v) is 2.10. The molecule has 19 heavy (non-hydrogen) atoms. The fourth-order valence-electron chi connectivity index (χ4n) is 2.10. The molecule has 1 saturated heterocycles. The van der Waals surface area contributed by atoms with Crippen molar-refractivity contribution in [3.63, 3.8) is 0 Å². The van der Waals surface area contributed by atoms with Crippen LogP contribution < -0.4 is 4.90 Å². The summed E-state index contributed by atoms with van der Waals surface area (Å²) >= 11 is 0. The molecular formula is C14H17NO4. The molecule has 1 aliphatic rings. The second kappa shape index (κ2) is 5.84. The monoisotopic (exact) mass is 263 g/mol. The standard InChI is InChI=1S/C14H17NO4/c1-10(17)12-2-4-13(5-3-12)15-8-11(6-7-16)9-19-14(15)18/h2-5,11,16H,6-9H2,1H3. The summed E-state index contributed by atoms with van der Waals surface area (Å²) in [5.74, 6) is 0.126. The maximum atomic E-state index is 11.7. The number of Topliss-reactive ketones (excluding diaryl/α,β-unsaturated/α-hetero) is 1. The van der Waals surface area contributed by atoms with Gasteiger partial charge >= 0.3 is 6.09 Å². The van der Waals surface area contributed by atoms with E-state index >= 15 is 0 Å². The Morgan fingerprint density at radius 2 is 2.11 bits per heavy atom. The topological polar surface area (TPSA) is 66.8 Å². The number of carbonyl (C=O) groups excluding carboxylic acids is 2. The molecule has 1 atom stereocenters. The van der Waals surface area contributed by atoms with Gasteiger partial charge in [0.25, 0.3) is 0 Å². The normalized spacial score (nSPS) is 19.2. The lowest BCUT2D eigenvalue weighted by atomic mass is 10.0. The average Bonchev–Trinajstić information content (AvgIpc) is 2.41. The second-order valence-corrected chi connectivity index (χ2v) is 4.67. The van der Waals surface area contributed by atoms with E-state index in [0.29, 0.717) is 30.8 Å². The number of aliphatic hydroxyl groups is 1. The van der Waals surface area contributed by atoms with Crippen LogP contribution in [-0.2, 0) is 4.74 Å². The third-order valence-electron chi connectivity index (χ3n) is 3.23. The van der Waals surface area contributed by atoms with Gasteiger partial charge in [-0.05, 0) is 37.6 Å². The van der Waals surface area contributed by atoms with Gasteiger partial charge in [-0.1, -0.05) is 0 Å². The van der Waals surface area contributed by atoms with Crippen LogP contribution in [0.5, 0.6) is 0 Å². The van der Waals surface area contributed by atoms with E-state index in [2.05, 4.69) is 0 Å². The molecule has 5 heteroatoms. The zero-order chi connectivity index (χ0) is 13.8. The van der Waals surface area contributed by atoms with Gasteiger partial charge in [-0.25, -0.2) is 4.79 Å². The average molecular weight is 263 g/mol. The lowest BCUT2D eigenvalue weighted by molar-refractivity contribution is 0.101. The Morgan fingerprint density at radius 1 is 1.42 bits per heavy atom. The van der Waals surface area contributed by atoms with E-state index < -0.39 is 0 Å². The smallest absolute Gasteiger partial charge is 0.414 e. The number of cyclic esters (lactones) is 1. The molecule has 1 N–H and O–H groups in total. The summed E-state index contributed by atoms with van der Waals surface area (Å²) in [6.07, 6.45) is 0.222. The van der Waals surface area contributed by atoms with Crippen molar-refractivity contribution < 1.29 is 19.4 Å². The first-order valence-corrected chi connectivity index (χ1v) is 6.28. The summed E-state index contributed by atoms with van der Waals surface area (Å²) in [5.41, 5.74) is 1.32. The van der Waals surface area contributed by atoms with E-state index in [1.54, 1.807) is 24.3 Å². The third-order valence-corrected chi connectivity index (χ3v) is 3.23. The molecule has 1 aromatic rings. The number of nitrogens with zero attached hydrogens (tertiary/aromatic N) is 1. The van der Waals surface area contributed by atoms with Gasteiger partial charge in [0.15, 0.2) is 5.78 Å². The van der Waals surface area contributed by atoms with Gasteiger partial charge in [-0.3, -0.25) is 9.69 Å². The molecular weight excluding hydrogens is 246 g/mol. The molecule has 0 aromatic heterocycles. The van der Waals surface area contributed by atoms with Crippen LogP contribution in [0.25, 0.3) is 0 Å². The molecule has 1 aliphatic heterocycles. The van der Waals surface area contributed by atoms with Crippen molar-refractivity contribution in [2.24, 2.45) is 5.92 Å². The number of ether oxygens (including phenoxy) is 1. The molecule has 1 aromatic carbocycles. The van der Waals surface area contributed by atoms with Crippen molar-refractivity contribution >= 4 is 17.6 Å². The van der Waals surface area contributed by atoms with E-state index in [4.69, 9.17) is 9.84 Å². The molecule has 1 amide bonds. The Morgan fingerprint density at radius 3 is 2.68 bits per heavy atom. The molecule has 0 bridgehead atoms. The van der Waals surface area contributed by atoms with Gasteiger partial charge in [-0.15, -0.1) is 0 Å². The van der Waals surface area contributed by atoms with E-state index in [1.165, 1.54) is 11.8 Å². The molecule has 0 radical (unpaired) electrons. The van der Waals surface area contributed by atoms with Crippen molar-refractivity contribution in [2.75, 3.05) is 24.7 Å². The zero-order valence-electron chi connectivity index (χ0n) is 10.8. The van der Waals surface area contributed by atoms with Crippen LogP contribution in [0, 0.1) is 5.92 Å². The first kappa shape index (κ1) is 13.5. The zero-order valence-corrected chi connectivity index (χ0v) is 10.8. The minimum Gasteiger partial charge on any atom is -0.449 e. The van der Waals surface area contributed by atoms with Gasteiger partial charge in [0.05, 0.1) is 6.61 Å². The highest BCUT2D eigenvalue weighted by Gasteiger charge is 2.27. The van der Waals surface area contributed by atoms with Crippen LogP contribution in [0.1, 0.15) is 23.7 Å². The minimum atomic E-state index is -0.384. The number of rotatable bonds is 4. The van der Waals surface area contributed by atoms with Crippen LogP contribution in [0.15, 0.2) is 24.3 Å². The number of benzene rings is 1. The maximum Gasteiger partial charge on any atom is 0.414 e. The van der Waals surface area contributed by atoms with E-state index in [9.17, 15) is 9.59 Å². The molecule has 1 unspecified atom stereocenters. The lowest BCUT2D eigenvalue weighted by Crippen LogP contribution is -2.43. The number of carbonyl (C=O) groups is 2. The molecule has 102 valence electrons. The van der Waals surface area contributed by atoms with E-state index in [1.807, 2.05) is 0 Å². The highest BCUT2D eigenvalue weighted by atomic mass is 16.6. The Labute approximate surface area is 111 Å². The predicted molar refractivity (Wildman–Crippen MR) is 70.3 cm³/mol. The van der Waals surface area contributed by atoms with Crippen molar-refractivity contribution in [1.82, 2.24) is 0 Å². The molecule has 0 spiro atoms. The quantitative estimate of drug-likeness (QED) is 0.842. The molecule has 2 rings (SSSR count). The van der Waals surface area contributed by atoms with Crippen LogP contribution in [-0.4, -0.2) is 36.7 Å². The van der Waals surface area contributed by atoms with Crippen LogP contribution >= 0.6 is 0 Å². The van der Waals surface area contributed by atoms with Gasteiger partial charge < -0.3 is 9.84 Å². The maximum absolute atomic E-state index is 11.7. The number of anilines is 1. The van der Waals surface area contributed by atoms with Crippen molar-refractivity contribution in [3.8, 4) is 0 Å². The lowest BCUT2D eigenvalue weighted by Gasteiger charge is -2.32. The van der Waals surface area contributed by atoms with Crippen molar-refractivity contribution in [2.45, 2.75) is 13.3 Å². The highest BCUT2D eigenvalue weighted by Crippen LogP contribution is 2.22. The summed E-state index contributed by atoms with van der Waals surface area (Å²) in [4.78, 5) is 24.5. The first-order valence-electron chi connectivity index (χ1n) is 6.28. The van der Waals surface area contributed by atoms with Gasteiger partial charge in [0.2, 0.25) is 0 Å². The minimum absolute atomic E-state index is 0.00840. The molecule has 0 saturated carbocycles. The highest BCUT2D eigenvalue weighted by molar-refractivity contribution is 5.95. The second-order valence-electron chi connectivity index (χ2n) is 4.67. The van der Waals surface area contributed by atoms with E-state index in [-0.39, 0.29) is 24.4 Å². The number of hydrogen-bond donors (Lipinski definition) is 1.